The van der Waals surface area contributed by atoms with E-state index >= 15 is 0 Å². The monoisotopic (exact) mass is 442 g/mol. The number of aliphatic hydroxyl groups excluding tert-OH is 1. The number of carbonyl (C=O) groups is 2. The van der Waals surface area contributed by atoms with Gasteiger partial charge in [0.1, 0.15) is 11.5 Å². The van der Waals surface area contributed by atoms with Crippen molar-refractivity contribution in [3.63, 3.8) is 0 Å². The van der Waals surface area contributed by atoms with Gasteiger partial charge in [0, 0.05) is 11.8 Å². The van der Waals surface area contributed by atoms with Crippen molar-refractivity contribution in [1.82, 2.24) is 9.88 Å². The Balaban J connectivity index is 1.82. The summed E-state index contributed by atoms with van der Waals surface area (Å²) in [6.07, 6.45) is 1.64. The molecule has 0 bridgehead atoms. The van der Waals surface area contributed by atoms with Gasteiger partial charge in [-0.05, 0) is 35.7 Å². The minimum Gasteiger partial charge on any atom is -0.507 e. The number of amides is 1. The van der Waals surface area contributed by atoms with Gasteiger partial charge in [-0.2, -0.15) is 0 Å². The van der Waals surface area contributed by atoms with Crippen LogP contribution in [0.1, 0.15) is 36.7 Å². The van der Waals surface area contributed by atoms with Crippen molar-refractivity contribution in [3.8, 4) is 5.75 Å². The van der Waals surface area contributed by atoms with E-state index in [0.29, 0.717) is 35.1 Å². The molecule has 1 fully saturated rings. The summed E-state index contributed by atoms with van der Waals surface area (Å²) in [6.45, 7) is 4.80. The molecule has 4 rings (SSSR count). The molecule has 3 aromatic rings. The Hall–Kier alpha value is -3.93. The lowest BCUT2D eigenvalue weighted by molar-refractivity contribution is -0.140. The number of aliphatic hydroxyl groups is 1. The molecule has 0 saturated carbocycles. The van der Waals surface area contributed by atoms with Gasteiger partial charge in [-0.15, -0.1) is 0 Å². The van der Waals surface area contributed by atoms with E-state index in [-0.39, 0.29) is 17.9 Å². The molecule has 2 aromatic carbocycles. The molecule has 168 valence electrons. The molecule has 6 heteroatoms. The summed E-state index contributed by atoms with van der Waals surface area (Å²) < 4.78 is 5.88. The Morgan fingerprint density at radius 3 is 2.48 bits per heavy atom. The van der Waals surface area contributed by atoms with Crippen LogP contribution in [0.2, 0.25) is 0 Å². The van der Waals surface area contributed by atoms with Crippen LogP contribution in [0, 0.1) is 5.92 Å². The van der Waals surface area contributed by atoms with E-state index in [4.69, 9.17) is 4.74 Å². The van der Waals surface area contributed by atoms with E-state index in [0.717, 1.165) is 0 Å². The Labute approximate surface area is 193 Å². The number of nitrogens with zero attached hydrogens (tertiary/aromatic N) is 2. The number of ether oxygens (including phenoxy) is 1. The first-order valence-corrected chi connectivity index (χ1v) is 10.9. The van der Waals surface area contributed by atoms with Gasteiger partial charge in [-0.3, -0.25) is 14.6 Å². The van der Waals surface area contributed by atoms with Crippen molar-refractivity contribution >= 4 is 17.4 Å². The fraction of sp³-hybridized carbons (Fsp3) is 0.222. The molecule has 1 aromatic heterocycles. The summed E-state index contributed by atoms with van der Waals surface area (Å²) in [5.41, 5.74) is 1.87. The van der Waals surface area contributed by atoms with E-state index in [1.807, 2.05) is 36.4 Å². The van der Waals surface area contributed by atoms with Gasteiger partial charge < -0.3 is 14.7 Å². The minimum atomic E-state index is -0.769. The second kappa shape index (κ2) is 9.69. The number of benzene rings is 2. The van der Waals surface area contributed by atoms with E-state index in [9.17, 15) is 14.7 Å². The van der Waals surface area contributed by atoms with Crippen LogP contribution in [-0.4, -0.2) is 33.3 Å². The number of Topliss-reactive ketones (excluding diaryl/α,β-unsaturated/α-hetero) is 1. The largest absolute Gasteiger partial charge is 0.507 e. The van der Waals surface area contributed by atoms with Gasteiger partial charge in [-0.25, -0.2) is 0 Å². The number of ketones is 1. The van der Waals surface area contributed by atoms with Gasteiger partial charge in [0.2, 0.25) is 0 Å². The smallest absolute Gasteiger partial charge is 0.296 e. The SMILES string of the molecule is CC(C)COc1cccc(C2/C(=C(/O)c3ccccc3)C(=O)C(=O)N2Cc2ccccn2)c1. The summed E-state index contributed by atoms with van der Waals surface area (Å²) in [5, 5.41) is 11.1. The average molecular weight is 443 g/mol. The average Bonchev–Trinajstić information content (AvgIpc) is 3.08. The van der Waals surface area contributed by atoms with Crippen LogP contribution in [0.3, 0.4) is 0 Å². The lowest BCUT2D eigenvalue weighted by Gasteiger charge is -2.25. The lowest BCUT2D eigenvalue weighted by Crippen LogP contribution is -2.29. The van der Waals surface area contributed by atoms with Crippen molar-refractivity contribution in [2.24, 2.45) is 5.92 Å². The van der Waals surface area contributed by atoms with Crippen LogP contribution in [-0.2, 0) is 16.1 Å². The third kappa shape index (κ3) is 4.80. The standard InChI is InChI=1S/C27H26N2O4/c1-18(2)17-33-22-13-8-11-20(15-22)24-23(25(30)19-9-4-3-5-10-19)26(31)27(32)29(24)16-21-12-6-7-14-28-21/h3-15,18,24,30H,16-17H2,1-2H3/b25-23-. The number of hydrogen-bond donors (Lipinski definition) is 1. The van der Waals surface area contributed by atoms with Crippen LogP contribution >= 0.6 is 0 Å². The molecule has 33 heavy (non-hydrogen) atoms. The Kier molecular flexibility index (Phi) is 6.54. The molecule has 0 radical (unpaired) electrons. The van der Waals surface area contributed by atoms with Crippen LogP contribution < -0.4 is 4.74 Å². The normalized spacial score (nSPS) is 17.5. The molecule has 1 aliphatic heterocycles. The molecule has 0 spiro atoms. The fourth-order valence-corrected chi connectivity index (χ4v) is 3.84. The second-order valence-corrected chi connectivity index (χ2v) is 8.39. The van der Waals surface area contributed by atoms with Crippen LogP contribution in [0.4, 0.5) is 0 Å². The predicted octanol–water partition coefficient (Wildman–Crippen LogP) is 4.74. The zero-order valence-electron chi connectivity index (χ0n) is 18.6. The molecule has 2 heterocycles. The maximum Gasteiger partial charge on any atom is 0.296 e. The highest BCUT2D eigenvalue weighted by Crippen LogP contribution is 2.41. The predicted molar refractivity (Wildman–Crippen MR) is 125 cm³/mol. The molecule has 1 amide bonds. The second-order valence-electron chi connectivity index (χ2n) is 8.39. The summed E-state index contributed by atoms with van der Waals surface area (Å²) in [7, 11) is 0. The molecule has 6 nitrogen and oxygen atoms in total. The number of aromatic nitrogens is 1. The third-order valence-electron chi connectivity index (χ3n) is 5.40. The first-order valence-electron chi connectivity index (χ1n) is 10.9. The molecule has 1 atom stereocenters. The number of rotatable bonds is 7. The molecular formula is C27H26N2O4. The lowest BCUT2D eigenvalue weighted by atomic mass is 9.95. The minimum absolute atomic E-state index is 0.0585. The molecule has 0 aliphatic carbocycles. The zero-order valence-corrected chi connectivity index (χ0v) is 18.6. The number of hydrogen-bond acceptors (Lipinski definition) is 5. The Bertz CT molecular complexity index is 1170. The summed E-state index contributed by atoms with van der Waals surface area (Å²) in [6, 6.07) is 20.8. The molecular weight excluding hydrogens is 416 g/mol. The molecule has 1 N–H and O–H groups in total. The van der Waals surface area contributed by atoms with E-state index < -0.39 is 17.7 Å². The molecule has 1 saturated heterocycles. The van der Waals surface area contributed by atoms with Gasteiger partial charge >= 0.3 is 0 Å². The van der Waals surface area contributed by atoms with Crippen LogP contribution in [0.25, 0.3) is 5.76 Å². The number of likely N-dealkylation sites (tertiary alicyclic amines) is 1. The first-order chi connectivity index (χ1) is 16.0. The zero-order chi connectivity index (χ0) is 23.4. The Morgan fingerprint density at radius 1 is 1.03 bits per heavy atom. The number of pyridine rings is 1. The third-order valence-corrected chi connectivity index (χ3v) is 5.40. The van der Waals surface area contributed by atoms with E-state index in [1.54, 1.807) is 42.6 Å². The summed E-state index contributed by atoms with van der Waals surface area (Å²) in [4.78, 5) is 32.0. The van der Waals surface area contributed by atoms with Gasteiger partial charge in [0.05, 0.1) is 30.5 Å². The van der Waals surface area contributed by atoms with Crippen molar-refractivity contribution in [2.75, 3.05) is 6.61 Å². The van der Waals surface area contributed by atoms with Gasteiger partial charge in [0.25, 0.3) is 11.7 Å². The quantitative estimate of drug-likeness (QED) is 0.325. The summed E-state index contributed by atoms with van der Waals surface area (Å²) >= 11 is 0. The first kappa shape index (κ1) is 22.3. The maximum atomic E-state index is 13.1. The fourth-order valence-electron chi connectivity index (χ4n) is 3.84. The van der Waals surface area contributed by atoms with Crippen LogP contribution in [0.5, 0.6) is 5.75 Å². The maximum absolute atomic E-state index is 13.1. The summed E-state index contributed by atoms with van der Waals surface area (Å²) in [5.74, 6) is -0.593. The molecule has 1 aliphatic rings. The van der Waals surface area contributed by atoms with Crippen LogP contribution in [0.15, 0.2) is 84.6 Å². The highest BCUT2D eigenvalue weighted by atomic mass is 16.5. The topological polar surface area (TPSA) is 79.7 Å². The van der Waals surface area contributed by atoms with Crippen molar-refractivity contribution < 1.29 is 19.4 Å². The molecule has 1 unspecified atom stereocenters. The van der Waals surface area contributed by atoms with E-state index in [1.165, 1.54) is 4.90 Å². The highest BCUT2D eigenvalue weighted by Gasteiger charge is 2.46. The van der Waals surface area contributed by atoms with Gasteiger partial charge in [0.15, 0.2) is 0 Å². The van der Waals surface area contributed by atoms with Crippen molar-refractivity contribution in [3.05, 3.63) is 101 Å². The van der Waals surface area contributed by atoms with Crippen molar-refractivity contribution in [2.45, 2.75) is 26.4 Å². The van der Waals surface area contributed by atoms with Crippen molar-refractivity contribution in [1.29, 1.82) is 0 Å². The number of carbonyl (C=O) groups excluding carboxylic acids is 2. The van der Waals surface area contributed by atoms with Gasteiger partial charge in [-0.1, -0.05) is 62.4 Å². The Morgan fingerprint density at radius 2 is 1.79 bits per heavy atom. The highest BCUT2D eigenvalue weighted by molar-refractivity contribution is 6.46. The van der Waals surface area contributed by atoms with E-state index in [2.05, 4.69) is 18.8 Å².